The molecule has 5 nitrogen and oxygen atoms in total. The third-order valence-electron chi connectivity index (χ3n) is 4.82. The van der Waals surface area contributed by atoms with Gasteiger partial charge in [0.2, 0.25) is 5.91 Å². The first-order chi connectivity index (χ1) is 17.1. The van der Waals surface area contributed by atoms with Gasteiger partial charge in [-0.15, -0.1) is 0 Å². The van der Waals surface area contributed by atoms with Gasteiger partial charge in [-0.25, -0.2) is 4.79 Å². The summed E-state index contributed by atoms with van der Waals surface area (Å²) in [5.41, 5.74) is 0.457. The minimum atomic E-state index is -0.656. The molecule has 1 amide bonds. The Labute approximate surface area is 210 Å². The first-order valence-corrected chi connectivity index (χ1v) is 12.2. The van der Waals surface area contributed by atoms with E-state index in [-0.39, 0.29) is 17.2 Å². The smallest absolute Gasteiger partial charge is 0.341 e. The van der Waals surface area contributed by atoms with Gasteiger partial charge in [-0.1, -0.05) is 79.8 Å². The summed E-state index contributed by atoms with van der Waals surface area (Å²) < 4.78 is 4.61. The minimum absolute atomic E-state index is 0.0160. The highest BCUT2D eigenvalue weighted by molar-refractivity contribution is 5.96. The number of ether oxygens (including phenoxy) is 1. The Morgan fingerprint density at radius 1 is 0.800 bits per heavy atom. The van der Waals surface area contributed by atoms with Crippen LogP contribution in [0.15, 0.2) is 91.1 Å². The number of esters is 1. The van der Waals surface area contributed by atoms with Crippen LogP contribution >= 0.6 is 0 Å². The highest BCUT2D eigenvalue weighted by Crippen LogP contribution is 2.22. The Morgan fingerprint density at radius 2 is 1.29 bits per heavy atom. The van der Waals surface area contributed by atoms with Gasteiger partial charge in [0.1, 0.15) is 11.3 Å². The van der Waals surface area contributed by atoms with Crippen LogP contribution in [0, 0.1) is 0 Å². The van der Waals surface area contributed by atoms with Gasteiger partial charge >= 0.3 is 5.97 Å². The molecule has 0 spiro atoms. The number of phenolic OH excluding ortho intramolecular Hbond substituents is 1. The minimum Gasteiger partial charge on any atom is -0.507 e. The number of methoxy groups -OCH3 is 1. The summed E-state index contributed by atoms with van der Waals surface area (Å²) in [6.07, 6.45) is 32.5. The number of hydrogen-bond donors (Lipinski definition) is 2. The van der Waals surface area contributed by atoms with Crippen molar-refractivity contribution in [2.75, 3.05) is 12.4 Å². The van der Waals surface area contributed by atoms with Crippen molar-refractivity contribution in [2.45, 2.75) is 58.3 Å². The second-order valence-corrected chi connectivity index (χ2v) is 7.73. The Morgan fingerprint density at radius 3 is 1.77 bits per heavy atom. The van der Waals surface area contributed by atoms with Crippen molar-refractivity contribution in [3.05, 3.63) is 96.7 Å². The highest BCUT2D eigenvalue weighted by Gasteiger charge is 2.13. The maximum atomic E-state index is 12.1. The predicted octanol–water partition coefficient (Wildman–Crippen LogP) is 7.60. The summed E-state index contributed by atoms with van der Waals surface area (Å²) >= 11 is 0. The number of hydrogen-bond acceptors (Lipinski definition) is 4. The molecule has 0 fully saturated rings. The van der Waals surface area contributed by atoms with Crippen molar-refractivity contribution in [2.24, 2.45) is 0 Å². The van der Waals surface area contributed by atoms with Crippen LogP contribution in [-0.2, 0) is 9.53 Å². The van der Waals surface area contributed by atoms with Crippen LogP contribution in [0.1, 0.15) is 68.6 Å². The van der Waals surface area contributed by atoms with Crippen molar-refractivity contribution < 1.29 is 19.4 Å². The summed E-state index contributed by atoms with van der Waals surface area (Å²) in [5.74, 6) is -1.00. The molecule has 0 aliphatic heterocycles. The van der Waals surface area contributed by atoms with Gasteiger partial charge in [0.25, 0.3) is 0 Å². The maximum Gasteiger partial charge on any atom is 0.341 e. The standard InChI is InChI=1S/C30H39NO4/c1-3-4-5-6-7-8-9-10-11-12-13-14-15-16-17-18-19-20-21-22-29(33)31-26-23-24-28(32)27(25-26)30(34)35-2/h4-5,7-8,10-11,13-14,16-17,19-20,23-25,32H,3,6,9,12,15,18,21-22H2,1-2H3,(H,31,33)/b5-4-,8-7-,11-10-,14-13-,17-16-,20-19-. The second kappa shape index (κ2) is 19.8. The molecule has 0 atom stereocenters. The number of carbonyl (C=O) groups excluding carboxylic acids is 2. The molecule has 0 saturated carbocycles. The number of amides is 1. The fourth-order valence-electron chi connectivity index (χ4n) is 2.96. The number of benzene rings is 1. The SMILES string of the molecule is CC/C=C\C/C=C\C/C=C\C/C=C\C/C=C\C/C=C\CCC(=O)Nc1ccc(O)c(C(=O)OC)c1. The third-order valence-corrected chi connectivity index (χ3v) is 4.82. The Balaban J connectivity index is 2.14. The van der Waals surface area contributed by atoms with Gasteiger partial charge in [0.05, 0.1) is 7.11 Å². The number of nitrogens with one attached hydrogen (secondary N) is 1. The van der Waals surface area contributed by atoms with Gasteiger partial charge in [-0.3, -0.25) is 4.79 Å². The van der Waals surface area contributed by atoms with Crippen molar-refractivity contribution in [3.63, 3.8) is 0 Å². The molecule has 0 unspecified atom stereocenters. The molecule has 0 aromatic heterocycles. The van der Waals surface area contributed by atoms with Gasteiger partial charge < -0.3 is 15.2 Å². The molecule has 35 heavy (non-hydrogen) atoms. The number of carbonyl (C=O) groups is 2. The van der Waals surface area contributed by atoms with Crippen LogP contribution in [0.4, 0.5) is 5.69 Å². The fourth-order valence-corrected chi connectivity index (χ4v) is 2.96. The molecular formula is C30H39NO4. The van der Waals surface area contributed by atoms with Crippen molar-refractivity contribution in [1.82, 2.24) is 0 Å². The van der Waals surface area contributed by atoms with E-state index in [4.69, 9.17) is 0 Å². The lowest BCUT2D eigenvalue weighted by atomic mass is 10.1. The fraction of sp³-hybridized carbons (Fsp3) is 0.333. The van der Waals surface area contributed by atoms with Crippen LogP contribution in [-0.4, -0.2) is 24.1 Å². The number of anilines is 1. The quantitative estimate of drug-likeness (QED) is 0.146. The number of phenols is 1. The summed E-state index contributed by atoms with van der Waals surface area (Å²) in [6.45, 7) is 2.14. The van der Waals surface area contributed by atoms with E-state index >= 15 is 0 Å². The number of rotatable bonds is 16. The zero-order chi connectivity index (χ0) is 25.6. The number of aromatic hydroxyl groups is 1. The average molecular weight is 478 g/mol. The molecule has 1 aromatic rings. The topological polar surface area (TPSA) is 75.6 Å². The molecule has 0 saturated heterocycles. The van der Waals surface area contributed by atoms with Gasteiger partial charge in [-0.2, -0.15) is 0 Å². The first kappa shape index (κ1) is 29.4. The zero-order valence-corrected chi connectivity index (χ0v) is 21.0. The summed E-state index contributed by atoms with van der Waals surface area (Å²) in [4.78, 5) is 23.7. The van der Waals surface area contributed by atoms with E-state index in [1.807, 2.05) is 12.2 Å². The molecule has 0 radical (unpaired) electrons. The zero-order valence-electron chi connectivity index (χ0n) is 21.0. The molecular weight excluding hydrogens is 438 g/mol. The molecule has 0 aliphatic carbocycles. The Bertz CT molecular complexity index is 936. The van der Waals surface area contributed by atoms with Crippen LogP contribution < -0.4 is 5.32 Å². The lowest BCUT2D eigenvalue weighted by molar-refractivity contribution is -0.116. The first-order valence-electron chi connectivity index (χ1n) is 12.2. The van der Waals surface area contributed by atoms with E-state index in [0.717, 1.165) is 38.5 Å². The van der Waals surface area contributed by atoms with E-state index in [2.05, 4.69) is 77.7 Å². The largest absolute Gasteiger partial charge is 0.507 e. The molecule has 188 valence electrons. The van der Waals surface area contributed by atoms with Gasteiger partial charge in [0.15, 0.2) is 0 Å². The number of allylic oxidation sites excluding steroid dienone is 12. The predicted molar refractivity (Wildman–Crippen MR) is 146 cm³/mol. The van der Waals surface area contributed by atoms with Crippen LogP contribution in [0.2, 0.25) is 0 Å². The molecule has 1 aromatic carbocycles. The lowest BCUT2D eigenvalue weighted by Gasteiger charge is -2.07. The van der Waals surface area contributed by atoms with E-state index in [0.29, 0.717) is 18.5 Å². The molecule has 0 bridgehead atoms. The van der Waals surface area contributed by atoms with E-state index < -0.39 is 5.97 Å². The van der Waals surface area contributed by atoms with Crippen LogP contribution in [0.3, 0.4) is 0 Å². The average Bonchev–Trinajstić information content (AvgIpc) is 2.86. The van der Waals surface area contributed by atoms with Crippen LogP contribution in [0.5, 0.6) is 5.75 Å². The normalized spacial score (nSPS) is 12.3. The van der Waals surface area contributed by atoms with Gasteiger partial charge in [0, 0.05) is 12.1 Å². The van der Waals surface area contributed by atoms with Crippen LogP contribution in [0.25, 0.3) is 0 Å². The summed E-state index contributed by atoms with van der Waals surface area (Å²) in [5, 5.41) is 12.4. The monoisotopic (exact) mass is 477 g/mol. The Kier molecular flexibility index (Phi) is 16.7. The molecule has 2 N–H and O–H groups in total. The lowest BCUT2D eigenvalue weighted by Crippen LogP contribution is -2.11. The van der Waals surface area contributed by atoms with Crippen molar-refractivity contribution in [1.29, 1.82) is 0 Å². The van der Waals surface area contributed by atoms with E-state index in [1.165, 1.54) is 25.3 Å². The maximum absolute atomic E-state index is 12.1. The van der Waals surface area contributed by atoms with Crippen molar-refractivity contribution in [3.8, 4) is 5.75 Å². The molecule has 5 heteroatoms. The van der Waals surface area contributed by atoms with Gasteiger partial charge in [-0.05, 0) is 63.1 Å². The Hall–Kier alpha value is -3.60. The van der Waals surface area contributed by atoms with E-state index in [1.54, 1.807) is 0 Å². The highest BCUT2D eigenvalue weighted by atomic mass is 16.5. The third kappa shape index (κ3) is 15.0. The second-order valence-electron chi connectivity index (χ2n) is 7.73. The summed E-state index contributed by atoms with van der Waals surface area (Å²) in [6, 6.07) is 4.29. The molecule has 0 heterocycles. The molecule has 0 aliphatic rings. The van der Waals surface area contributed by atoms with E-state index in [9.17, 15) is 14.7 Å². The molecule has 1 rings (SSSR count). The summed E-state index contributed by atoms with van der Waals surface area (Å²) in [7, 11) is 1.24. The van der Waals surface area contributed by atoms with Crippen molar-refractivity contribution >= 4 is 17.6 Å².